The van der Waals surface area contributed by atoms with E-state index in [1.807, 2.05) is 65.6 Å². The number of thioether (sulfide) groups is 1. The van der Waals surface area contributed by atoms with Crippen molar-refractivity contribution in [2.45, 2.75) is 58.1 Å². The number of hydrogen-bond acceptors (Lipinski definition) is 6. The van der Waals surface area contributed by atoms with E-state index in [1.165, 1.54) is 30.3 Å². The minimum absolute atomic E-state index is 0.0149. The van der Waals surface area contributed by atoms with Gasteiger partial charge in [-0.15, -0.1) is 0 Å². The van der Waals surface area contributed by atoms with Gasteiger partial charge < -0.3 is 4.74 Å². The van der Waals surface area contributed by atoms with Gasteiger partial charge in [-0.2, -0.15) is 0 Å². The van der Waals surface area contributed by atoms with Gasteiger partial charge in [-0.05, 0) is 83.3 Å². The fourth-order valence-corrected chi connectivity index (χ4v) is 6.84. The van der Waals surface area contributed by atoms with Crippen LogP contribution in [-0.2, 0) is 17.8 Å². The van der Waals surface area contributed by atoms with Gasteiger partial charge in [0.1, 0.15) is 12.4 Å². The van der Waals surface area contributed by atoms with E-state index >= 15 is 0 Å². The highest BCUT2D eigenvalue weighted by molar-refractivity contribution is 8.18. The Hall–Kier alpha value is -4.43. The van der Waals surface area contributed by atoms with E-state index in [0.29, 0.717) is 10.7 Å². The molecule has 2 aliphatic rings. The van der Waals surface area contributed by atoms with Crippen molar-refractivity contribution in [3.63, 3.8) is 0 Å². The summed E-state index contributed by atoms with van der Waals surface area (Å²) in [5.74, 6) is 0.628. The summed E-state index contributed by atoms with van der Waals surface area (Å²) in [5, 5.41) is 13.8. The third-order valence-electron chi connectivity index (χ3n) is 8.11. The van der Waals surface area contributed by atoms with Crippen molar-refractivity contribution >= 4 is 51.1 Å². The Balaban J connectivity index is 1.39. The molecule has 218 valence electrons. The summed E-state index contributed by atoms with van der Waals surface area (Å²) in [5.41, 5.74) is 3.74. The highest BCUT2D eigenvalue weighted by Crippen LogP contribution is 2.41. The Labute approximate surface area is 255 Å². The van der Waals surface area contributed by atoms with Crippen molar-refractivity contribution in [2.75, 3.05) is 0 Å². The van der Waals surface area contributed by atoms with Gasteiger partial charge in [-0.1, -0.05) is 74.7 Å². The molecular formula is C35H33N3O4S. The number of aliphatic imine (C=N–C) groups is 1. The van der Waals surface area contributed by atoms with Crippen molar-refractivity contribution in [3.05, 3.63) is 117 Å². The number of non-ortho nitro benzene ring substituents is 1. The second-order valence-corrected chi connectivity index (χ2v) is 11.9. The second kappa shape index (κ2) is 12.8. The van der Waals surface area contributed by atoms with Gasteiger partial charge in [0.2, 0.25) is 0 Å². The molecule has 0 N–H and O–H groups in total. The SMILES string of the molecule is CCc1ccccc1N=C1S/C(=C/c2c(OCc3ccc([N+](=O)[O-])cc3)ccc3ccccc23)C(=O)N1C1CCCCC1. The van der Waals surface area contributed by atoms with E-state index in [-0.39, 0.29) is 24.2 Å². The van der Waals surface area contributed by atoms with E-state index in [2.05, 4.69) is 13.0 Å². The molecule has 1 saturated carbocycles. The fraction of sp³-hybridized carbons (Fsp3) is 0.257. The number of carbonyl (C=O) groups is 1. The number of rotatable bonds is 8. The number of para-hydroxylation sites is 1. The molecule has 0 spiro atoms. The first-order valence-electron chi connectivity index (χ1n) is 14.8. The summed E-state index contributed by atoms with van der Waals surface area (Å²) in [6.45, 7) is 2.36. The van der Waals surface area contributed by atoms with Crippen LogP contribution in [0.5, 0.6) is 5.75 Å². The lowest BCUT2D eigenvalue weighted by Crippen LogP contribution is -2.40. The van der Waals surface area contributed by atoms with Crippen LogP contribution in [0.25, 0.3) is 16.8 Å². The van der Waals surface area contributed by atoms with E-state index in [4.69, 9.17) is 9.73 Å². The summed E-state index contributed by atoms with van der Waals surface area (Å²) in [6.07, 6.45) is 8.19. The molecule has 0 unspecified atom stereocenters. The molecule has 1 saturated heterocycles. The first-order chi connectivity index (χ1) is 21.0. The first-order valence-corrected chi connectivity index (χ1v) is 15.6. The van der Waals surface area contributed by atoms with Gasteiger partial charge >= 0.3 is 0 Å². The maximum absolute atomic E-state index is 14.1. The number of aryl methyl sites for hydroxylation is 1. The van der Waals surface area contributed by atoms with E-state index in [1.54, 1.807) is 12.1 Å². The third-order valence-corrected chi connectivity index (χ3v) is 9.10. The van der Waals surface area contributed by atoms with Crippen LogP contribution in [0, 0.1) is 10.1 Å². The molecule has 1 amide bonds. The Morgan fingerprint density at radius 1 is 0.977 bits per heavy atom. The number of nitro groups is 1. The predicted molar refractivity (Wildman–Crippen MR) is 174 cm³/mol. The Morgan fingerprint density at radius 2 is 1.72 bits per heavy atom. The van der Waals surface area contributed by atoms with Crippen LogP contribution in [0.4, 0.5) is 11.4 Å². The highest BCUT2D eigenvalue weighted by Gasteiger charge is 2.39. The quantitative estimate of drug-likeness (QED) is 0.116. The molecule has 8 heteroatoms. The van der Waals surface area contributed by atoms with Crippen LogP contribution in [0.2, 0.25) is 0 Å². The maximum atomic E-state index is 14.1. The predicted octanol–water partition coefficient (Wildman–Crippen LogP) is 8.83. The molecule has 0 bridgehead atoms. The average molecular weight is 592 g/mol. The van der Waals surface area contributed by atoms with Crippen LogP contribution in [-0.4, -0.2) is 26.9 Å². The number of amidine groups is 1. The summed E-state index contributed by atoms with van der Waals surface area (Å²) >= 11 is 1.43. The Kier molecular flexibility index (Phi) is 8.56. The standard InChI is InChI=1S/C35H33N3O4S/c1-2-25-10-7-9-15-31(25)36-35-37(27-12-4-3-5-13-27)34(39)33(43-35)22-30-29-14-8-6-11-26(29)18-21-32(30)42-23-24-16-19-28(20-17-24)38(40)41/h6-11,14-22,27H,2-5,12-13,23H2,1H3/b33-22+,36-35?. The first kappa shape index (κ1) is 28.7. The number of benzene rings is 4. The van der Waals surface area contributed by atoms with Crippen molar-refractivity contribution < 1.29 is 14.5 Å². The number of carbonyl (C=O) groups excluding carboxylic acids is 1. The van der Waals surface area contributed by atoms with Gasteiger partial charge in [0.05, 0.1) is 15.5 Å². The Bertz CT molecular complexity index is 1730. The summed E-state index contributed by atoms with van der Waals surface area (Å²) in [6, 6.07) is 26.6. The molecule has 0 radical (unpaired) electrons. The second-order valence-electron chi connectivity index (χ2n) is 10.9. The number of amides is 1. The molecule has 43 heavy (non-hydrogen) atoms. The highest BCUT2D eigenvalue weighted by atomic mass is 32.2. The minimum atomic E-state index is -0.413. The van der Waals surface area contributed by atoms with Gasteiger partial charge in [0.25, 0.3) is 11.6 Å². The number of nitro benzene ring substituents is 1. The smallest absolute Gasteiger partial charge is 0.269 e. The molecule has 1 aliphatic carbocycles. The van der Waals surface area contributed by atoms with Gasteiger partial charge in [0.15, 0.2) is 5.17 Å². The van der Waals surface area contributed by atoms with E-state index < -0.39 is 4.92 Å². The number of nitrogens with zero attached hydrogens (tertiary/aromatic N) is 3. The molecule has 4 aromatic carbocycles. The number of ether oxygens (including phenoxy) is 1. The molecule has 2 fully saturated rings. The summed E-state index contributed by atoms with van der Waals surface area (Å²) in [7, 11) is 0. The third kappa shape index (κ3) is 6.20. The molecule has 7 nitrogen and oxygen atoms in total. The van der Waals surface area contributed by atoms with Gasteiger partial charge in [-0.3, -0.25) is 19.8 Å². The van der Waals surface area contributed by atoms with Gasteiger partial charge in [-0.25, -0.2) is 4.99 Å². The van der Waals surface area contributed by atoms with Crippen molar-refractivity contribution in [1.82, 2.24) is 4.90 Å². The molecular weight excluding hydrogens is 558 g/mol. The lowest BCUT2D eigenvalue weighted by atomic mass is 9.94. The molecule has 6 rings (SSSR count). The van der Waals surface area contributed by atoms with Crippen molar-refractivity contribution in [3.8, 4) is 5.75 Å². The number of fused-ring (bicyclic) bond motifs is 1. The zero-order chi connectivity index (χ0) is 29.8. The van der Waals surface area contributed by atoms with Crippen LogP contribution < -0.4 is 4.74 Å². The topological polar surface area (TPSA) is 85.0 Å². The normalized spacial score (nSPS) is 17.7. The van der Waals surface area contributed by atoms with Gasteiger partial charge in [0, 0.05) is 23.7 Å². The van der Waals surface area contributed by atoms with Crippen LogP contribution in [0.3, 0.4) is 0 Å². The molecule has 4 aromatic rings. The van der Waals surface area contributed by atoms with Crippen LogP contribution in [0.1, 0.15) is 55.7 Å². The molecule has 1 heterocycles. The maximum Gasteiger partial charge on any atom is 0.269 e. The monoisotopic (exact) mass is 591 g/mol. The minimum Gasteiger partial charge on any atom is -0.488 e. The zero-order valence-corrected chi connectivity index (χ0v) is 24.9. The summed E-state index contributed by atoms with van der Waals surface area (Å²) in [4.78, 5) is 32.4. The lowest BCUT2D eigenvalue weighted by Gasteiger charge is -2.30. The van der Waals surface area contributed by atoms with Crippen LogP contribution >= 0.6 is 11.8 Å². The van der Waals surface area contributed by atoms with E-state index in [0.717, 1.165) is 70.4 Å². The lowest BCUT2D eigenvalue weighted by molar-refractivity contribution is -0.384. The number of hydrogen-bond donors (Lipinski definition) is 0. The molecule has 0 atom stereocenters. The van der Waals surface area contributed by atoms with Crippen molar-refractivity contribution in [1.29, 1.82) is 0 Å². The zero-order valence-electron chi connectivity index (χ0n) is 24.1. The Morgan fingerprint density at radius 3 is 2.49 bits per heavy atom. The van der Waals surface area contributed by atoms with Crippen LogP contribution in [0.15, 0.2) is 94.8 Å². The molecule has 1 aliphatic heterocycles. The fourth-order valence-electron chi connectivity index (χ4n) is 5.80. The molecule has 0 aromatic heterocycles. The summed E-state index contributed by atoms with van der Waals surface area (Å²) < 4.78 is 6.29. The average Bonchev–Trinajstić information content (AvgIpc) is 3.35. The van der Waals surface area contributed by atoms with Crippen molar-refractivity contribution in [2.24, 2.45) is 4.99 Å². The largest absolute Gasteiger partial charge is 0.488 e. The van der Waals surface area contributed by atoms with E-state index in [9.17, 15) is 14.9 Å².